The minimum Gasteiger partial charge on any atom is -0.353 e. The van der Waals surface area contributed by atoms with Gasteiger partial charge in [-0.25, -0.2) is 4.98 Å². The lowest BCUT2D eigenvalue weighted by Crippen LogP contribution is -2.49. The second kappa shape index (κ2) is 8.04. The summed E-state index contributed by atoms with van der Waals surface area (Å²) in [7, 11) is 0. The van der Waals surface area contributed by atoms with Gasteiger partial charge in [-0.05, 0) is 36.4 Å². The summed E-state index contributed by atoms with van der Waals surface area (Å²) in [6, 6.07) is 18.7. The van der Waals surface area contributed by atoms with Crippen molar-refractivity contribution in [1.82, 2.24) is 14.5 Å². The lowest BCUT2D eigenvalue weighted by Gasteiger charge is -2.35. The molecule has 7 heteroatoms. The fourth-order valence-electron chi connectivity index (χ4n) is 4.22. The molecule has 3 heterocycles. The molecule has 156 valence electrons. The molecule has 1 aliphatic rings. The van der Waals surface area contributed by atoms with Crippen LogP contribution in [0.25, 0.3) is 21.8 Å². The molecule has 2 aromatic heterocycles. The minimum absolute atomic E-state index is 0.000946. The van der Waals surface area contributed by atoms with Crippen molar-refractivity contribution in [1.29, 1.82) is 0 Å². The molecule has 6 nitrogen and oxygen atoms in total. The highest BCUT2D eigenvalue weighted by atomic mass is 35.5. The number of anilines is 1. The lowest BCUT2D eigenvalue weighted by molar-refractivity contribution is -0.132. The normalized spacial score (nSPS) is 14.4. The number of carbonyl (C=O) groups is 1. The van der Waals surface area contributed by atoms with Crippen LogP contribution in [0.4, 0.5) is 5.82 Å². The van der Waals surface area contributed by atoms with E-state index in [0.29, 0.717) is 42.0 Å². The Morgan fingerprint density at radius 1 is 0.871 bits per heavy atom. The smallest absolute Gasteiger partial charge is 0.242 e. The van der Waals surface area contributed by atoms with Gasteiger partial charge in [0, 0.05) is 43.1 Å². The molecule has 1 saturated heterocycles. The molecule has 0 spiro atoms. The summed E-state index contributed by atoms with van der Waals surface area (Å²) < 4.78 is 1.96. The van der Waals surface area contributed by atoms with Gasteiger partial charge in [-0.1, -0.05) is 35.9 Å². The Morgan fingerprint density at radius 3 is 2.06 bits per heavy atom. The molecule has 0 saturated carbocycles. The van der Waals surface area contributed by atoms with Gasteiger partial charge < -0.3 is 14.4 Å². The Kier molecular flexibility index (Phi) is 5.08. The summed E-state index contributed by atoms with van der Waals surface area (Å²) in [6.07, 6.45) is 1.64. The summed E-state index contributed by atoms with van der Waals surface area (Å²) in [5.74, 6) is 0.913. The number of hydrogen-bond donors (Lipinski definition) is 0. The molecular formula is C24H21ClN4O2. The third-order valence-electron chi connectivity index (χ3n) is 5.84. The van der Waals surface area contributed by atoms with E-state index < -0.39 is 0 Å². The molecule has 5 rings (SSSR count). The Hall–Kier alpha value is -3.38. The number of halogens is 1. The summed E-state index contributed by atoms with van der Waals surface area (Å²) >= 11 is 5.93. The Bertz CT molecular complexity index is 1270. The number of aromatic nitrogens is 2. The van der Waals surface area contributed by atoms with Gasteiger partial charge in [0.1, 0.15) is 12.4 Å². The van der Waals surface area contributed by atoms with E-state index in [2.05, 4.69) is 9.88 Å². The molecule has 2 aromatic carbocycles. The van der Waals surface area contributed by atoms with E-state index in [1.54, 1.807) is 6.20 Å². The first-order chi connectivity index (χ1) is 15.1. The fourth-order valence-corrected chi connectivity index (χ4v) is 4.33. The van der Waals surface area contributed by atoms with Crippen LogP contribution in [0.3, 0.4) is 0 Å². The minimum atomic E-state index is -0.000946. The van der Waals surface area contributed by atoms with Crippen LogP contribution in [0.5, 0.6) is 0 Å². The monoisotopic (exact) mass is 432 g/mol. The number of para-hydroxylation sites is 2. The molecule has 4 aromatic rings. The van der Waals surface area contributed by atoms with Gasteiger partial charge in [0.15, 0.2) is 5.43 Å². The van der Waals surface area contributed by atoms with Gasteiger partial charge >= 0.3 is 0 Å². The third-order valence-corrected chi connectivity index (χ3v) is 6.06. The van der Waals surface area contributed by atoms with Crippen LogP contribution in [0.15, 0.2) is 71.7 Å². The average Bonchev–Trinajstić information content (AvgIpc) is 2.82. The standard InChI is InChI=1S/C24H21ClN4O2/c25-17-9-10-22(26-15-17)27-11-13-28(14-12-27)23(30)16-29-20-7-3-1-5-18(20)24(31)19-6-2-4-8-21(19)29/h1-10,15H,11-14,16H2. The number of carbonyl (C=O) groups excluding carboxylic acids is 1. The van der Waals surface area contributed by atoms with Crippen LogP contribution in [-0.4, -0.2) is 46.5 Å². The van der Waals surface area contributed by atoms with Crippen LogP contribution in [0.1, 0.15) is 0 Å². The first-order valence-electron chi connectivity index (χ1n) is 10.3. The summed E-state index contributed by atoms with van der Waals surface area (Å²) in [5, 5.41) is 1.87. The van der Waals surface area contributed by atoms with Crippen LogP contribution in [0.2, 0.25) is 5.02 Å². The van der Waals surface area contributed by atoms with E-state index in [9.17, 15) is 9.59 Å². The van der Waals surface area contributed by atoms with E-state index in [1.165, 1.54) is 0 Å². The highest BCUT2D eigenvalue weighted by Gasteiger charge is 2.23. The van der Waals surface area contributed by atoms with Crippen LogP contribution < -0.4 is 10.3 Å². The molecule has 0 radical (unpaired) electrons. The number of piperazine rings is 1. The maximum atomic E-state index is 13.2. The van der Waals surface area contributed by atoms with Gasteiger partial charge in [-0.3, -0.25) is 9.59 Å². The van der Waals surface area contributed by atoms with Gasteiger partial charge in [0.2, 0.25) is 5.91 Å². The van der Waals surface area contributed by atoms with Crippen molar-refractivity contribution in [3.05, 3.63) is 82.1 Å². The second-order valence-corrected chi connectivity index (χ2v) is 8.09. The molecule has 0 bridgehead atoms. The summed E-state index contributed by atoms with van der Waals surface area (Å²) in [5.41, 5.74) is 1.56. The lowest BCUT2D eigenvalue weighted by atomic mass is 10.1. The second-order valence-electron chi connectivity index (χ2n) is 7.65. The number of benzene rings is 2. The first kappa shape index (κ1) is 19.6. The van der Waals surface area contributed by atoms with Crippen LogP contribution >= 0.6 is 11.6 Å². The molecule has 0 N–H and O–H groups in total. The largest absolute Gasteiger partial charge is 0.353 e. The number of rotatable bonds is 3. The molecule has 31 heavy (non-hydrogen) atoms. The number of pyridine rings is 2. The maximum Gasteiger partial charge on any atom is 0.242 e. The van der Waals surface area contributed by atoms with Crippen LogP contribution in [0, 0.1) is 0 Å². The topological polar surface area (TPSA) is 58.4 Å². The van der Waals surface area contributed by atoms with Crippen molar-refractivity contribution < 1.29 is 4.79 Å². The Labute approximate surface area is 184 Å². The summed E-state index contributed by atoms with van der Waals surface area (Å²) in [4.78, 5) is 34.5. The van der Waals surface area contributed by atoms with E-state index in [1.807, 2.05) is 70.1 Å². The average molecular weight is 433 g/mol. The SMILES string of the molecule is O=C(Cn1c2ccccc2c(=O)c2ccccc21)N1CCN(c2ccc(Cl)cn2)CC1. The van der Waals surface area contributed by atoms with Gasteiger partial charge in [0.05, 0.1) is 16.1 Å². The zero-order valence-corrected chi connectivity index (χ0v) is 17.6. The van der Waals surface area contributed by atoms with Crippen LogP contribution in [-0.2, 0) is 11.3 Å². The number of nitrogens with zero attached hydrogens (tertiary/aromatic N) is 4. The van der Waals surface area contributed by atoms with Gasteiger partial charge in [-0.15, -0.1) is 0 Å². The third kappa shape index (κ3) is 3.64. The molecular weight excluding hydrogens is 412 g/mol. The quantitative estimate of drug-likeness (QED) is 0.464. The predicted molar refractivity (Wildman–Crippen MR) is 124 cm³/mol. The van der Waals surface area contributed by atoms with Crippen molar-refractivity contribution in [3.63, 3.8) is 0 Å². The van der Waals surface area contributed by atoms with E-state index in [-0.39, 0.29) is 17.9 Å². The summed E-state index contributed by atoms with van der Waals surface area (Å²) in [6.45, 7) is 2.87. The zero-order valence-electron chi connectivity index (χ0n) is 16.9. The van der Waals surface area contributed by atoms with E-state index >= 15 is 0 Å². The van der Waals surface area contributed by atoms with Crippen molar-refractivity contribution >= 4 is 45.1 Å². The number of hydrogen-bond acceptors (Lipinski definition) is 4. The van der Waals surface area contributed by atoms with E-state index in [4.69, 9.17) is 11.6 Å². The highest BCUT2D eigenvalue weighted by Crippen LogP contribution is 2.20. The molecule has 0 unspecified atom stereocenters. The van der Waals surface area contributed by atoms with Crippen molar-refractivity contribution in [2.45, 2.75) is 6.54 Å². The fraction of sp³-hybridized carbons (Fsp3) is 0.208. The Morgan fingerprint density at radius 2 is 1.48 bits per heavy atom. The number of fused-ring (bicyclic) bond motifs is 2. The van der Waals surface area contributed by atoms with Gasteiger partial charge in [-0.2, -0.15) is 0 Å². The molecule has 1 fully saturated rings. The van der Waals surface area contributed by atoms with Crippen molar-refractivity contribution in [2.75, 3.05) is 31.1 Å². The van der Waals surface area contributed by atoms with Crippen molar-refractivity contribution in [2.24, 2.45) is 0 Å². The molecule has 0 aliphatic carbocycles. The molecule has 1 amide bonds. The Balaban J connectivity index is 1.40. The van der Waals surface area contributed by atoms with E-state index in [0.717, 1.165) is 16.9 Å². The number of amides is 1. The van der Waals surface area contributed by atoms with Gasteiger partial charge in [0.25, 0.3) is 0 Å². The van der Waals surface area contributed by atoms with Crippen molar-refractivity contribution in [3.8, 4) is 0 Å². The first-order valence-corrected chi connectivity index (χ1v) is 10.6. The molecule has 1 aliphatic heterocycles. The predicted octanol–water partition coefficient (Wildman–Crippen LogP) is 3.55. The molecule has 0 atom stereocenters. The maximum absolute atomic E-state index is 13.2. The zero-order chi connectivity index (χ0) is 21.4. The highest BCUT2D eigenvalue weighted by molar-refractivity contribution is 6.30.